The number of hydrogen-bond donors (Lipinski definition) is 0. The number of ether oxygens (including phenoxy) is 1. The predicted octanol–water partition coefficient (Wildman–Crippen LogP) is 6.08. The lowest BCUT2D eigenvalue weighted by atomic mass is 9.86. The molecule has 1 atom stereocenters. The summed E-state index contributed by atoms with van der Waals surface area (Å²) in [6, 6.07) is 14.8. The number of imidazole rings is 1. The molecule has 1 unspecified atom stereocenters. The Morgan fingerprint density at radius 3 is 2.82 bits per heavy atom. The van der Waals surface area contributed by atoms with Crippen molar-refractivity contribution in [3.8, 4) is 22.6 Å². The van der Waals surface area contributed by atoms with Gasteiger partial charge in [-0.25, -0.2) is 19.0 Å². The van der Waals surface area contributed by atoms with Gasteiger partial charge in [0.1, 0.15) is 17.4 Å². The lowest BCUT2D eigenvalue weighted by Gasteiger charge is -2.24. The van der Waals surface area contributed by atoms with E-state index in [-0.39, 0.29) is 11.7 Å². The minimum Gasteiger partial charge on any atom is -0.495 e. The summed E-state index contributed by atoms with van der Waals surface area (Å²) in [7, 11) is 1.66. The molecule has 6 rings (SSSR count). The average molecular weight is 507 g/mol. The van der Waals surface area contributed by atoms with Crippen molar-refractivity contribution >= 4 is 12.2 Å². The van der Waals surface area contributed by atoms with Crippen molar-refractivity contribution < 1.29 is 9.13 Å². The Morgan fingerprint density at radius 2 is 2.03 bits per heavy atom. The Hall–Kier alpha value is -4.59. The van der Waals surface area contributed by atoms with Crippen LogP contribution >= 0.6 is 0 Å². The molecule has 0 fully saturated rings. The highest BCUT2D eigenvalue weighted by atomic mass is 19.1. The van der Waals surface area contributed by atoms with Crippen LogP contribution in [0.5, 0.6) is 5.75 Å². The second-order valence-corrected chi connectivity index (χ2v) is 9.41. The van der Waals surface area contributed by atoms with E-state index >= 15 is 0 Å². The molecule has 0 N–H and O–H groups in total. The molecular weight excluding hydrogens is 479 g/mol. The fourth-order valence-corrected chi connectivity index (χ4v) is 5.07. The average Bonchev–Trinajstić information content (AvgIpc) is 3.58. The quantitative estimate of drug-likeness (QED) is 0.279. The molecule has 190 valence electrons. The second kappa shape index (κ2) is 10.0. The van der Waals surface area contributed by atoms with E-state index in [0.29, 0.717) is 5.82 Å². The molecule has 3 aromatic heterocycles. The van der Waals surface area contributed by atoms with Crippen LogP contribution in [-0.2, 0) is 6.54 Å². The standard InChI is InChI=1S/C30H27FN6O/c1-20-18-36(19-33-20)27-11-7-21(15-28(27)38-2)8-12-29-34-30-25(6-4-14-37(30)35-29)24-10-9-23(31)16-26(24)22-5-3-13-32-17-22/h3,5,7-13,15-19,25H,4,6,14H2,1-2H3/b12-8+. The minimum atomic E-state index is -0.266. The first kappa shape index (κ1) is 23.8. The SMILES string of the molecule is COc1cc(/C=C/c2nc3n(n2)CCCC3c2ccc(F)cc2-c2cccnc2)ccc1-n1cnc(C)c1. The van der Waals surface area contributed by atoms with Gasteiger partial charge in [-0.3, -0.25) is 4.98 Å². The van der Waals surface area contributed by atoms with Crippen LogP contribution in [0.15, 0.2) is 73.4 Å². The topological polar surface area (TPSA) is 70.7 Å². The summed E-state index contributed by atoms with van der Waals surface area (Å²) >= 11 is 0. The van der Waals surface area contributed by atoms with Crippen LogP contribution in [0.4, 0.5) is 4.39 Å². The van der Waals surface area contributed by atoms with Crippen LogP contribution < -0.4 is 4.74 Å². The molecule has 0 saturated carbocycles. The van der Waals surface area contributed by atoms with Gasteiger partial charge in [-0.15, -0.1) is 0 Å². The van der Waals surface area contributed by atoms with Crippen molar-refractivity contribution in [3.05, 3.63) is 108 Å². The number of methoxy groups -OCH3 is 1. The molecule has 0 saturated heterocycles. The number of fused-ring (bicyclic) bond motifs is 1. The lowest BCUT2D eigenvalue weighted by molar-refractivity contribution is 0.413. The number of pyridine rings is 1. The third kappa shape index (κ3) is 4.61. The number of halogens is 1. The Bertz CT molecular complexity index is 1620. The van der Waals surface area contributed by atoms with Gasteiger partial charge < -0.3 is 9.30 Å². The number of rotatable bonds is 6. The number of aryl methyl sites for hydroxylation is 2. The zero-order valence-electron chi connectivity index (χ0n) is 21.3. The predicted molar refractivity (Wildman–Crippen MR) is 145 cm³/mol. The zero-order valence-corrected chi connectivity index (χ0v) is 21.3. The molecule has 0 aliphatic carbocycles. The summed E-state index contributed by atoms with van der Waals surface area (Å²) in [6.07, 6.45) is 13.0. The van der Waals surface area contributed by atoms with Gasteiger partial charge in [0.05, 0.1) is 24.8 Å². The Kier molecular flexibility index (Phi) is 6.29. The van der Waals surface area contributed by atoms with Crippen molar-refractivity contribution in [3.63, 3.8) is 0 Å². The highest BCUT2D eigenvalue weighted by Gasteiger charge is 2.28. The maximum Gasteiger partial charge on any atom is 0.174 e. The maximum absolute atomic E-state index is 14.3. The van der Waals surface area contributed by atoms with Gasteiger partial charge in [0, 0.05) is 36.6 Å². The summed E-state index contributed by atoms with van der Waals surface area (Å²) in [5.74, 6) is 2.05. The van der Waals surface area contributed by atoms with E-state index < -0.39 is 0 Å². The third-order valence-corrected chi connectivity index (χ3v) is 6.87. The highest BCUT2D eigenvalue weighted by molar-refractivity contribution is 5.70. The largest absolute Gasteiger partial charge is 0.495 e. The van der Waals surface area contributed by atoms with Crippen molar-refractivity contribution in [2.75, 3.05) is 7.11 Å². The van der Waals surface area contributed by atoms with Crippen LogP contribution in [0.25, 0.3) is 29.0 Å². The van der Waals surface area contributed by atoms with E-state index in [9.17, 15) is 4.39 Å². The van der Waals surface area contributed by atoms with E-state index in [1.807, 2.05) is 70.9 Å². The minimum absolute atomic E-state index is 0.0206. The van der Waals surface area contributed by atoms with Gasteiger partial charge in [0.2, 0.25) is 0 Å². The molecule has 38 heavy (non-hydrogen) atoms. The fourth-order valence-electron chi connectivity index (χ4n) is 5.07. The Balaban J connectivity index is 1.31. The molecule has 2 aromatic carbocycles. The van der Waals surface area contributed by atoms with Crippen LogP contribution in [0.2, 0.25) is 0 Å². The zero-order chi connectivity index (χ0) is 26.1. The van der Waals surface area contributed by atoms with Crippen LogP contribution in [-0.4, -0.2) is 36.4 Å². The van der Waals surface area contributed by atoms with Crippen LogP contribution in [0.1, 0.15) is 47.2 Å². The van der Waals surface area contributed by atoms with Crippen molar-refractivity contribution in [2.45, 2.75) is 32.2 Å². The van der Waals surface area contributed by atoms with Gasteiger partial charge >= 0.3 is 0 Å². The van der Waals surface area contributed by atoms with Crippen molar-refractivity contribution in [1.29, 1.82) is 0 Å². The summed E-state index contributed by atoms with van der Waals surface area (Å²) in [5.41, 5.74) is 5.62. The second-order valence-electron chi connectivity index (χ2n) is 9.41. The third-order valence-electron chi connectivity index (χ3n) is 6.87. The molecule has 0 radical (unpaired) electrons. The monoisotopic (exact) mass is 506 g/mol. The first-order valence-electron chi connectivity index (χ1n) is 12.6. The van der Waals surface area contributed by atoms with E-state index in [1.165, 1.54) is 6.07 Å². The van der Waals surface area contributed by atoms with Gasteiger partial charge in [-0.2, -0.15) is 5.10 Å². The number of hydrogen-bond acceptors (Lipinski definition) is 5. The number of aromatic nitrogens is 6. The first-order chi connectivity index (χ1) is 18.6. The van der Waals surface area contributed by atoms with Gasteiger partial charge in [0.15, 0.2) is 5.82 Å². The Morgan fingerprint density at radius 1 is 1.11 bits per heavy atom. The van der Waals surface area contributed by atoms with Crippen LogP contribution in [0.3, 0.4) is 0 Å². The van der Waals surface area contributed by atoms with E-state index in [4.69, 9.17) is 14.8 Å². The van der Waals surface area contributed by atoms with Gasteiger partial charge in [0.25, 0.3) is 0 Å². The molecule has 4 heterocycles. The fraction of sp³-hybridized carbons (Fsp3) is 0.200. The smallest absolute Gasteiger partial charge is 0.174 e. The van der Waals surface area contributed by atoms with Crippen LogP contribution in [0, 0.1) is 12.7 Å². The first-order valence-corrected chi connectivity index (χ1v) is 12.6. The van der Waals surface area contributed by atoms with Crippen molar-refractivity contribution in [2.24, 2.45) is 0 Å². The molecule has 0 bridgehead atoms. The van der Waals surface area contributed by atoms with E-state index in [2.05, 4.69) is 9.97 Å². The van der Waals surface area contributed by atoms with Gasteiger partial charge in [-0.1, -0.05) is 24.3 Å². The van der Waals surface area contributed by atoms with Gasteiger partial charge in [-0.05, 0) is 72.9 Å². The molecule has 0 spiro atoms. The summed E-state index contributed by atoms with van der Waals surface area (Å²) in [4.78, 5) is 13.4. The molecular formula is C30H27FN6O. The maximum atomic E-state index is 14.3. The molecule has 0 amide bonds. The summed E-state index contributed by atoms with van der Waals surface area (Å²) in [6.45, 7) is 2.76. The molecule has 1 aliphatic rings. The number of benzene rings is 2. The number of nitrogens with zero attached hydrogens (tertiary/aromatic N) is 6. The molecule has 1 aliphatic heterocycles. The lowest BCUT2D eigenvalue weighted by Crippen LogP contribution is -2.18. The normalized spacial score (nSPS) is 15.1. The summed E-state index contributed by atoms with van der Waals surface area (Å²) < 4.78 is 23.8. The highest BCUT2D eigenvalue weighted by Crippen LogP contribution is 2.38. The molecule has 8 heteroatoms. The summed E-state index contributed by atoms with van der Waals surface area (Å²) in [5, 5.41) is 4.76. The van der Waals surface area contributed by atoms with E-state index in [0.717, 1.165) is 64.6 Å². The Labute approximate surface area is 220 Å². The van der Waals surface area contributed by atoms with Crippen molar-refractivity contribution in [1.82, 2.24) is 29.3 Å². The molecule has 5 aromatic rings. The molecule has 7 nitrogen and oxygen atoms in total. The van der Waals surface area contributed by atoms with E-state index in [1.54, 1.807) is 31.9 Å².